The largest absolute Gasteiger partial charge is 0.329 e. The Balaban J connectivity index is 2.27. The average molecular weight is 246 g/mol. The third-order valence-corrected chi connectivity index (χ3v) is 3.30. The van der Waals surface area contributed by atoms with Crippen LogP contribution in [0.4, 0.5) is 0 Å². The van der Waals surface area contributed by atoms with Gasteiger partial charge >= 0.3 is 0 Å². The van der Waals surface area contributed by atoms with Gasteiger partial charge in [0.1, 0.15) is 0 Å². The molecule has 0 spiro atoms. The maximum Gasteiger partial charge on any atom is 0.202 e. The summed E-state index contributed by atoms with van der Waals surface area (Å²) in [6, 6.07) is 0. The topological polar surface area (TPSA) is 52.7 Å². The van der Waals surface area contributed by atoms with Gasteiger partial charge in [0.25, 0.3) is 0 Å². The van der Waals surface area contributed by atoms with Gasteiger partial charge in [-0.1, -0.05) is 0 Å². The standard InChI is InChI=1S/C13H18N4O/c1-5-17-7-6-14-13(17)12(18)8-11-9(2)15-16(4)10(11)3/h6-7H,5,8H2,1-4H3. The fraction of sp³-hybridized carbons (Fsp3) is 0.462. The number of carbonyl (C=O) groups excluding carboxylic acids is 1. The molecule has 0 bridgehead atoms. The molecular weight excluding hydrogens is 228 g/mol. The van der Waals surface area contributed by atoms with Crippen molar-refractivity contribution in [2.75, 3.05) is 0 Å². The molecule has 0 saturated carbocycles. The van der Waals surface area contributed by atoms with Crippen LogP contribution in [0.2, 0.25) is 0 Å². The first-order valence-corrected chi connectivity index (χ1v) is 6.08. The van der Waals surface area contributed by atoms with Gasteiger partial charge in [0.15, 0.2) is 5.82 Å². The van der Waals surface area contributed by atoms with Gasteiger partial charge in [-0.2, -0.15) is 5.10 Å². The predicted molar refractivity (Wildman–Crippen MR) is 68.6 cm³/mol. The Morgan fingerprint density at radius 2 is 2.11 bits per heavy atom. The van der Waals surface area contributed by atoms with Crippen molar-refractivity contribution in [2.45, 2.75) is 33.7 Å². The number of aromatic nitrogens is 4. The van der Waals surface area contributed by atoms with E-state index in [9.17, 15) is 4.79 Å². The molecule has 2 rings (SSSR count). The smallest absolute Gasteiger partial charge is 0.202 e. The number of hydrogen-bond acceptors (Lipinski definition) is 3. The summed E-state index contributed by atoms with van der Waals surface area (Å²) in [5.74, 6) is 0.571. The lowest BCUT2D eigenvalue weighted by Crippen LogP contribution is -2.12. The number of aryl methyl sites for hydroxylation is 3. The highest BCUT2D eigenvalue weighted by Crippen LogP contribution is 2.14. The molecule has 0 radical (unpaired) electrons. The van der Waals surface area contributed by atoms with E-state index in [1.807, 2.05) is 43.3 Å². The summed E-state index contributed by atoms with van der Waals surface area (Å²) in [6.45, 7) is 6.67. The van der Waals surface area contributed by atoms with Crippen LogP contribution in [-0.4, -0.2) is 25.1 Å². The molecule has 0 aromatic carbocycles. The van der Waals surface area contributed by atoms with Crippen LogP contribution in [0, 0.1) is 13.8 Å². The van der Waals surface area contributed by atoms with Crippen molar-refractivity contribution in [1.29, 1.82) is 0 Å². The third kappa shape index (κ3) is 2.08. The Kier molecular flexibility index (Phi) is 3.32. The molecule has 0 N–H and O–H groups in total. The molecule has 2 heterocycles. The van der Waals surface area contributed by atoms with Crippen LogP contribution in [-0.2, 0) is 20.0 Å². The molecule has 5 nitrogen and oxygen atoms in total. The maximum absolute atomic E-state index is 12.2. The molecule has 96 valence electrons. The Morgan fingerprint density at radius 1 is 1.39 bits per heavy atom. The highest BCUT2D eigenvalue weighted by atomic mass is 16.1. The number of Topliss-reactive ketones (excluding diaryl/α,β-unsaturated/α-hetero) is 1. The van der Waals surface area contributed by atoms with Crippen molar-refractivity contribution in [3.8, 4) is 0 Å². The van der Waals surface area contributed by atoms with Crippen molar-refractivity contribution in [3.63, 3.8) is 0 Å². The van der Waals surface area contributed by atoms with E-state index in [4.69, 9.17) is 0 Å². The second kappa shape index (κ2) is 4.76. The molecule has 0 unspecified atom stereocenters. The minimum Gasteiger partial charge on any atom is -0.329 e. The zero-order valence-corrected chi connectivity index (χ0v) is 11.3. The Hall–Kier alpha value is -1.91. The van der Waals surface area contributed by atoms with Crippen LogP contribution < -0.4 is 0 Å². The van der Waals surface area contributed by atoms with Crippen LogP contribution in [0.25, 0.3) is 0 Å². The first-order chi connectivity index (χ1) is 8.54. The minimum absolute atomic E-state index is 0.0426. The van der Waals surface area contributed by atoms with Crippen LogP contribution in [0.15, 0.2) is 12.4 Å². The Labute approximate surface area is 106 Å². The average Bonchev–Trinajstić information content (AvgIpc) is 2.90. The number of nitrogens with zero attached hydrogens (tertiary/aromatic N) is 4. The van der Waals surface area contributed by atoms with E-state index in [2.05, 4.69) is 10.1 Å². The molecule has 0 aliphatic rings. The van der Waals surface area contributed by atoms with E-state index in [0.717, 1.165) is 23.5 Å². The van der Waals surface area contributed by atoms with Crippen LogP contribution in [0.5, 0.6) is 0 Å². The quantitative estimate of drug-likeness (QED) is 0.771. The molecular formula is C13H18N4O. The predicted octanol–water partition coefficient (Wildman–Crippen LogP) is 1.68. The zero-order valence-electron chi connectivity index (χ0n) is 11.3. The van der Waals surface area contributed by atoms with Crippen LogP contribution >= 0.6 is 0 Å². The number of hydrogen-bond donors (Lipinski definition) is 0. The molecule has 0 aliphatic heterocycles. The zero-order chi connectivity index (χ0) is 13.3. The van der Waals surface area contributed by atoms with E-state index >= 15 is 0 Å². The molecule has 0 fully saturated rings. The van der Waals surface area contributed by atoms with Gasteiger partial charge in [0.2, 0.25) is 5.78 Å². The number of ketones is 1. The van der Waals surface area contributed by atoms with E-state index in [-0.39, 0.29) is 5.78 Å². The third-order valence-electron chi connectivity index (χ3n) is 3.30. The van der Waals surface area contributed by atoms with Gasteiger partial charge in [-0.15, -0.1) is 0 Å². The highest BCUT2D eigenvalue weighted by Gasteiger charge is 2.17. The normalized spacial score (nSPS) is 10.9. The first-order valence-electron chi connectivity index (χ1n) is 6.08. The van der Waals surface area contributed by atoms with Gasteiger partial charge in [-0.3, -0.25) is 9.48 Å². The summed E-state index contributed by atoms with van der Waals surface area (Å²) in [5, 5.41) is 4.32. The fourth-order valence-electron chi connectivity index (χ4n) is 2.13. The Morgan fingerprint density at radius 3 is 2.67 bits per heavy atom. The van der Waals surface area contributed by atoms with Crippen LogP contribution in [0.3, 0.4) is 0 Å². The Bertz CT molecular complexity index is 580. The molecule has 0 saturated heterocycles. The van der Waals surface area contributed by atoms with Gasteiger partial charge in [-0.25, -0.2) is 4.98 Å². The highest BCUT2D eigenvalue weighted by molar-refractivity contribution is 5.94. The number of imidazole rings is 1. The summed E-state index contributed by atoms with van der Waals surface area (Å²) in [4.78, 5) is 16.4. The van der Waals surface area contributed by atoms with Gasteiger partial charge in [0.05, 0.1) is 5.69 Å². The van der Waals surface area contributed by atoms with Gasteiger partial charge in [0, 0.05) is 43.7 Å². The van der Waals surface area contributed by atoms with E-state index < -0.39 is 0 Å². The first kappa shape index (κ1) is 12.5. The molecule has 5 heteroatoms. The van der Waals surface area contributed by atoms with Crippen molar-refractivity contribution in [2.24, 2.45) is 7.05 Å². The monoisotopic (exact) mass is 246 g/mol. The molecule has 0 atom stereocenters. The summed E-state index contributed by atoms with van der Waals surface area (Å²) in [6.07, 6.45) is 3.86. The summed E-state index contributed by atoms with van der Waals surface area (Å²) in [7, 11) is 1.89. The number of carbonyl (C=O) groups is 1. The lowest BCUT2D eigenvalue weighted by Gasteiger charge is -2.04. The second-order valence-corrected chi connectivity index (χ2v) is 4.41. The second-order valence-electron chi connectivity index (χ2n) is 4.41. The molecule has 0 aliphatic carbocycles. The van der Waals surface area contributed by atoms with Crippen molar-refractivity contribution >= 4 is 5.78 Å². The summed E-state index contributed by atoms with van der Waals surface area (Å²) >= 11 is 0. The minimum atomic E-state index is 0.0426. The van der Waals surface area contributed by atoms with E-state index in [1.54, 1.807) is 6.20 Å². The summed E-state index contributed by atoms with van der Waals surface area (Å²) < 4.78 is 3.67. The summed E-state index contributed by atoms with van der Waals surface area (Å²) in [5.41, 5.74) is 2.96. The molecule has 2 aromatic rings. The van der Waals surface area contributed by atoms with Crippen molar-refractivity contribution in [1.82, 2.24) is 19.3 Å². The lowest BCUT2D eigenvalue weighted by atomic mass is 10.1. The number of rotatable bonds is 4. The van der Waals surface area contributed by atoms with Gasteiger partial charge in [-0.05, 0) is 20.8 Å². The lowest BCUT2D eigenvalue weighted by molar-refractivity contribution is 0.0978. The van der Waals surface area contributed by atoms with Crippen molar-refractivity contribution in [3.05, 3.63) is 35.2 Å². The van der Waals surface area contributed by atoms with Gasteiger partial charge < -0.3 is 4.57 Å². The maximum atomic E-state index is 12.2. The van der Waals surface area contributed by atoms with E-state index in [0.29, 0.717) is 12.2 Å². The van der Waals surface area contributed by atoms with E-state index in [1.165, 1.54) is 0 Å². The molecule has 0 amide bonds. The molecule has 18 heavy (non-hydrogen) atoms. The van der Waals surface area contributed by atoms with Crippen molar-refractivity contribution < 1.29 is 4.79 Å². The fourth-order valence-corrected chi connectivity index (χ4v) is 2.13. The molecule has 2 aromatic heterocycles. The van der Waals surface area contributed by atoms with Crippen LogP contribution in [0.1, 0.15) is 34.5 Å². The SMILES string of the molecule is CCn1ccnc1C(=O)Cc1c(C)nn(C)c1C.